The van der Waals surface area contributed by atoms with Crippen molar-refractivity contribution >= 4 is 24.1 Å². The van der Waals surface area contributed by atoms with E-state index in [1.54, 1.807) is 0 Å². The van der Waals surface area contributed by atoms with Crippen molar-refractivity contribution in [3.8, 4) is 0 Å². The van der Waals surface area contributed by atoms with E-state index in [4.69, 9.17) is 18.9 Å². The summed E-state index contributed by atoms with van der Waals surface area (Å²) in [6.07, 6.45) is -2.01. The zero-order chi connectivity index (χ0) is 25.1. The minimum Gasteiger partial charge on any atom is -0.459 e. The summed E-state index contributed by atoms with van der Waals surface area (Å²) in [5.41, 5.74) is 16.9. The molecule has 172 valence electrons. The second-order valence-corrected chi connectivity index (χ2v) is 5.66. The van der Waals surface area contributed by atoms with Gasteiger partial charge in [-0.15, -0.1) is 0 Å². The lowest BCUT2D eigenvalue weighted by Crippen LogP contribution is -2.36. The summed E-state index contributed by atoms with van der Waals surface area (Å²) in [7, 11) is 0. The Morgan fingerprint density at radius 3 is 1.48 bits per heavy atom. The van der Waals surface area contributed by atoms with E-state index in [0.29, 0.717) is 0 Å². The fourth-order valence-corrected chi connectivity index (χ4v) is 1.39. The topological polar surface area (TPSA) is 129 Å². The first-order valence-electron chi connectivity index (χ1n) is 9.10. The molecular formula is C23H22N2O8. The van der Waals surface area contributed by atoms with E-state index in [1.165, 1.54) is 13.8 Å². The van der Waals surface area contributed by atoms with Gasteiger partial charge in [0, 0.05) is 11.1 Å². The average Bonchev–Trinajstić information content (AvgIpc) is 2.75. The van der Waals surface area contributed by atoms with Gasteiger partial charge in [0.1, 0.15) is 26.4 Å². The van der Waals surface area contributed by atoms with Gasteiger partial charge in [-0.05, 0) is 54.8 Å². The fraction of sp³-hybridized carbons (Fsp3) is 0.261. The van der Waals surface area contributed by atoms with Crippen LogP contribution in [0.3, 0.4) is 0 Å². The van der Waals surface area contributed by atoms with Crippen LogP contribution in [0.5, 0.6) is 0 Å². The second-order valence-electron chi connectivity index (χ2n) is 5.66. The number of hydrogen-bond acceptors (Lipinski definition) is 8. The van der Waals surface area contributed by atoms with E-state index >= 15 is 0 Å². The average molecular weight is 454 g/mol. The molecule has 0 aromatic rings. The van der Waals surface area contributed by atoms with E-state index in [2.05, 4.69) is 70.5 Å². The molecule has 0 unspecified atom stereocenters. The lowest BCUT2D eigenvalue weighted by molar-refractivity contribution is -0.140. The van der Waals surface area contributed by atoms with Gasteiger partial charge in [0.25, 0.3) is 0 Å². The minimum atomic E-state index is -1.00. The molecule has 0 saturated heterocycles. The number of ether oxygens (including phenoxy) is 4. The molecule has 0 heterocycles. The van der Waals surface area contributed by atoms with Crippen LogP contribution in [-0.2, 0) is 28.5 Å². The van der Waals surface area contributed by atoms with Gasteiger partial charge in [0.05, 0.1) is 0 Å². The molecule has 0 aliphatic rings. The highest BCUT2D eigenvalue weighted by Crippen LogP contribution is 1.94. The predicted octanol–water partition coefficient (Wildman–Crippen LogP) is 2.23. The highest BCUT2D eigenvalue weighted by Gasteiger charge is 2.11. The maximum absolute atomic E-state index is 11.9. The Labute approximate surface area is 190 Å². The van der Waals surface area contributed by atoms with Gasteiger partial charge in [-0.1, -0.05) is 18.9 Å². The summed E-state index contributed by atoms with van der Waals surface area (Å²) in [6.45, 7) is 12.1. The van der Waals surface area contributed by atoms with E-state index in [-0.39, 0.29) is 43.4 Å². The normalized spacial score (nSPS) is 8.18. The standard InChI is InChI=1S/C23H22N2O8/c1-6-7-8-9-10-11-12-19(24-22(28)32-15-13-30-20(26)17(2)3)25-23(29)33-16-14-31-21(27)18(4)5/h1-2,4,13-16H2,3,5H3,(H,24,28)(H,25,29). The molecule has 0 radical (unpaired) electrons. The molecule has 0 rings (SSSR count). The van der Waals surface area contributed by atoms with Crippen molar-refractivity contribution in [2.75, 3.05) is 26.4 Å². The van der Waals surface area contributed by atoms with Crippen molar-refractivity contribution in [1.29, 1.82) is 0 Å². The van der Waals surface area contributed by atoms with Crippen LogP contribution < -0.4 is 10.6 Å². The Hall–Kier alpha value is -4.84. The molecular weight excluding hydrogens is 432 g/mol. The van der Waals surface area contributed by atoms with Crippen LogP contribution in [0.25, 0.3) is 0 Å². The van der Waals surface area contributed by atoms with Gasteiger partial charge >= 0.3 is 24.1 Å². The first-order valence-corrected chi connectivity index (χ1v) is 9.10. The van der Waals surface area contributed by atoms with Gasteiger partial charge in [-0.25, -0.2) is 19.2 Å². The van der Waals surface area contributed by atoms with Crippen LogP contribution in [0.4, 0.5) is 9.59 Å². The van der Waals surface area contributed by atoms with Crippen molar-refractivity contribution in [3.63, 3.8) is 0 Å². The summed E-state index contributed by atoms with van der Waals surface area (Å²) in [5.74, 6) is -1.59. The van der Waals surface area contributed by atoms with Gasteiger partial charge in [-0.2, -0.15) is 0 Å². The van der Waals surface area contributed by atoms with Crippen LogP contribution >= 0.6 is 0 Å². The molecule has 33 heavy (non-hydrogen) atoms. The van der Waals surface area contributed by atoms with E-state index in [0.717, 1.165) is 0 Å². The van der Waals surface area contributed by atoms with Crippen molar-refractivity contribution in [1.82, 2.24) is 10.6 Å². The molecule has 0 aliphatic heterocycles. The lowest BCUT2D eigenvalue weighted by Gasteiger charge is -2.10. The number of carbonyl (C=O) groups is 4. The van der Waals surface area contributed by atoms with Crippen LogP contribution in [0, 0.1) is 0 Å². The predicted molar refractivity (Wildman–Crippen MR) is 114 cm³/mol. The van der Waals surface area contributed by atoms with Gasteiger partial charge < -0.3 is 18.9 Å². The van der Waals surface area contributed by atoms with Crippen LogP contribution in [0.2, 0.25) is 0 Å². The van der Waals surface area contributed by atoms with E-state index in [9.17, 15) is 19.2 Å². The number of esters is 2. The number of rotatable bonds is 10. The number of alkyl carbamates (subject to hydrolysis) is 2. The van der Waals surface area contributed by atoms with Crippen molar-refractivity contribution in [2.45, 2.75) is 13.8 Å². The van der Waals surface area contributed by atoms with Gasteiger partial charge in [0.2, 0.25) is 0 Å². The Bertz CT molecular complexity index is 1020. The van der Waals surface area contributed by atoms with E-state index in [1.807, 2.05) is 0 Å². The third kappa shape index (κ3) is 15.6. The summed E-state index contributed by atoms with van der Waals surface area (Å²) in [5, 5.41) is 4.35. The molecule has 2 N–H and O–H groups in total. The molecule has 0 aromatic heterocycles. The van der Waals surface area contributed by atoms with E-state index < -0.39 is 24.1 Å². The molecule has 0 aromatic carbocycles. The maximum Gasteiger partial charge on any atom is 0.413 e. The lowest BCUT2D eigenvalue weighted by atomic mass is 10.4. The quantitative estimate of drug-likeness (QED) is 0.169. The zero-order valence-corrected chi connectivity index (χ0v) is 18.2. The maximum atomic E-state index is 11.9. The molecule has 10 nitrogen and oxygen atoms in total. The Kier molecular flexibility index (Phi) is 14.4. The largest absolute Gasteiger partial charge is 0.459 e. The van der Waals surface area contributed by atoms with Crippen molar-refractivity contribution < 1.29 is 38.1 Å². The van der Waals surface area contributed by atoms with Gasteiger partial charge in [0.15, 0.2) is 5.82 Å². The Morgan fingerprint density at radius 2 is 1.06 bits per heavy atom. The second kappa shape index (κ2) is 16.9. The van der Waals surface area contributed by atoms with Crippen LogP contribution in [0.15, 0.2) is 76.8 Å². The summed E-state index contributed by atoms with van der Waals surface area (Å²) >= 11 is 0. The van der Waals surface area contributed by atoms with Crippen molar-refractivity contribution in [3.05, 3.63) is 76.8 Å². The summed E-state index contributed by atoms with van der Waals surface area (Å²) in [4.78, 5) is 46.3. The number of amides is 2. The highest BCUT2D eigenvalue weighted by atomic mass is 16.6. The molecule has 10 heteroatoms. The molecule has 0 aliphatic carbocycles. The third-order valence-electron chi connectivity index (χ3n) is 2.78. The molecule has 0 bridgehead atoms. The van der Waals surface area contributed by atoms with Crippen molar-refractivity contribution in [2.24, 2.45) is 0 Å². The van der Waals surface area contributed by atoms with Crippen LogP contribution in [0.1, 0.15) is 13.8 Å². The van der Waals surface area contributed by atoms with Crippen LogP contribution in [-0.4, -0.2) is 50.6 Å². The Balaban J connectivity index is 5.06. The Morgan fingerprint density at radius 1 is 0.667 bits per heavy atom. The number of nitrogens with one attached hydrogen (secondary N) is 2. The first-order chi connectivity index (χ1) is 15.7. The minimum absolute atomic E-state index is 0.194. The third-order valence-corrected chi connectivity index (χ3v) is 2.78. The highest BCUT2D eigenvalue weighted by molar-refractivity contribution is 5.87. The molecule has 2 amide bonds. The molecule has 0 spiro atoms. The monoisotopic (exact) mass is 454 g/mol. The molecule has 0 atom stereocenters. The smallest absolute Gasteiger partial charge is 0.413 e. The molecule has 0 fully saturated rings. The summed E-state index contributed by atoms with van der Waals surface area (Å²) < 4.78 is 19.2. The van der Waals surface area contributed by atoms with Gasteiger partial charge in [-0.3, -0.25) is 10.6 Å². The molecule has 0 saturated carbocycles. The SMILES string of the molecule is C=C=C=C=C=C=C=C=C(NC(=O)OCCOC(=O)C(=C)C)NC(=O)OCCOC(=O)C(=C)C. The first kappa shape index (κ1) is 28.2. The zero-order valence-electron chi connectivity index (χ0n) is 18.2. The summed E-state index contributed by atoms with van der Waals surface area (Å²) in [6, 6.07) is 0. The number of hydrogen-bond donors (Lipinski definition) is 2. The number of carbonyl (C=O) groups excluding carboxylic acids is 4. The fourth-order valence-electron chi connectivity index (χ4n) is 1.39.